The molecule has 34 heavy (non-hydrogen) atoms. The summed E-state index contributed by atoms with van der Waals surface area (Å²) in [5.74, 6) is 0.385. The quantitative estimate of drug-likeness (QED) is 0.151. The van der Waals surface area contributed by atoms with Gasteiger partial charge in [0.2, 0.25) is 5.52 Å². The van der Waals surface area contributed by atoms with Gasteiger partial charge in [0.1, 0.15) is 13.1 Å². The van der Waals surface area contributed by atoms with Crippen molar-refractivity contribution in [1.82, 2.24) is 4.40 Å². The van der Waals surface area contributed by atoms with Gasteiger partial charge in [-0.1, -0.05) is 56.3 Å². The zero-order chi connectivity index (χ0) is 23.3. The highest BCUT2D eigenvalue weighted by atomic mass is 15.0. The summed E-state index contributed by atoms with van der Waals surface area (Å²) in [6.45, 7) is 6.75. The zero-order valence-electron chi connectivity index (χ0n) is 19.8. The van der Waals surface area contributed by atoms with Crippen LogP contribution in [-0.2, 0) is 7.05 Å². The van der Waals surface area contributed by atoms with Gasteiger partial charge in [-0.3, -0.25) is 0 Å². The molecule has 0 fully saturated rings. The van der Waals surface area contributed by atoms with Crippen LogP contribution in [0.5, 0.6) is 0 Å². The van der Waals surface area contributed by atoms with Gasteiger partial charge in [-0.25, -0.2) is 4.57 Å². The summed E-state index contributed by atoms with van der Waals surface area (Å²) in [4.78, 5) is 0. The number of aryl methyl sites for hydroxylation is 2. The van der Waals surface area contributed by atoms with E-state index in [1.807, 2.05) is 6.07 Å². The first kappa shape index (κ1) is 19.3. The molecule has 0 atom stereocenters. The van der Waals surface area contributed by atoms with Gasteiger partial charge >= 0.3 is 0 Å². The average molecular weight is 439 g/mol. The van der Waals surface area contributed by atoms with Crippen LogP contribution in [0, 0.1) is 18.3 Å². The van der Waals surface area contributed by atoms with E-state index in [0.717, 1.165) is 32.8 Å². The molecule has 7 rings (SSSR count). The first-order chi connectivity index (χ1) is 16.5. The van der Waals surface area contributed by atoms with Gasteiger partial charge in [0, 0.05) is 22.2 Å². The minimum atomic E-state index is 0.385. The predicted octanol–water partition coefficient (Wildman–Crippen LogP) is 7.27. The Hall–Kier alpha value is -4.16. The normalized spacial score (nSPS) is 12.4. The van der Waals surface area contributed by atoms with Crippen LogP contribution in [0.15, 0.2) is 66.9 Å². The van der Waals surface area contributed by atoms with Crippen molar-refractivity contribution in [2.45, 2.75) is 26.7 Å². The number of hydrogen-bond donors (Lipinski definition) is 0. The summed E-state index contributed by atoms with van der Waals surface area (Å²) in [5, 5.41) is 18.9. The summed E-state index contributed by atoms with van der Waals surface area (Å²) in [5.41, 5.74) is 7.93. The zero-order valence-corrected chi connectivity index (χ0v) is 19.8. The molecule has 7 aromatic rings. The SMILES string of the molecule is Cc1c2ccccc2c(C#N)c2c1c1c3c(cc[n+]1C)cc(C(C)C)c1c4ccccc4n2c13. The second-order valence-electron chi connectivity index (χ2n) is 9.82. The van der Waals surface area contributed by atoms with Gasteiger partial charge in [0.25, 0.3) is 0 Å². The molecule has 3 heteroatoms. The molecule has 0 aliphatic rings. The van der Waals surface area contributed by atoms with Crippen LogP contribution in [0.4, 0.5) is 0 Å². The number of pyridine rings is 2. The third kappa shape index (κ3) is 2.14. The Morgan fingerprint density at radius 3 is 2.29 bits per heavy atom. The molecular formula is C31H24N3+. The first-order valence-corrected chi connectivity index (χ1v) is 11.9. The lowest BCUT2D eigenvalue weighted by Gasteiger charge is -2.18. The highest BCUT2D eigenvalue weighted by Gasteiger charge is 2.28. The molecule has 0 unspecified atom stereocenters. The Bertz CT molecular complexity index is 2020. The van der Waals surface area contributed by atoms with Gasteiger partial charge in [0.15, 0.2) is 6.20 Å². The van der Waals surface area contributed by atoms with Gasteiger partial charge in [-0.05, 0) is 46.9 Å². The molecular weight excluding hydrogens is 414 g/mol. The van der Waals surface area contributed by atoms with Crippen LogP contribution in [-0.4, -0.2) is 4.40 Å². The molecule has 0 aliphatic heterocycles. The first-order valence-electron chi connectivity index (χ1n) is 11.9. The lowest BCUT2D eigenvalue weighted by molar-refractivity contribution is -0.643. The van der Waals surface area contributed by atoms with Gasteiger partial charge in [0.05, 0.1) is 32.9 Å². The third-order valence-electron chi connectivity index (χ3n) is 7.71. The number of benzene rings is 4. The number of hydrogen-bond acceptors (Lipinski definition) is 1. The molecule has 0 spiro atoms. The van der Waals surface area contributed by atoms with E-state index in [1.54, 1.807) is 0 Å². The fourth-order valence-electron chi connectivity index (χ4n) is 6.25. The van der Waals surface area contributed by atoms with Crippen LogP contribution in [0.2, 0.25) is 0 Å². The lowest BCUT2D eigenvalue weighted by Crippen LogP contribution is -2.29. The number of aromatic nitrogens is 2. The van der Waals surface area contributed by atoms with Crippen molar-refractivity contribution in [2.24, 2.45) is 7.05 Å². The van der Waals surface area contributed by atoms with Crippen LogP contribution in [0.1, 0.15) is 36.5 Å². The minimum Gasteiger partial charge on any atom is -0.306 e. The predicted molar refractivity (Wildman–Crippen MR) is 141 cm³/mol. The molecule has 0 radical (unpaired) electrons. The molecule has 3 nitrogen and oxygen atoms in total. The smallest absolute Gasteiger partial charge is 0.224 e. The minimum absolute atomic E-state index is 0.385. The molecule has 0 bridgehead atoms. The number of para-hydroxylation sites is 1. The number of fused-ring (bicyclic) bond motifs is 7. The molecule has 4 aromatic carbocycles. The van der Waals surface area contributed by atoms with Crippen molar-refractivity contribution in [1.29, 1.82) is 5.26 Å². The monoisotopic (exact) mass is 438 g/mol. The topological polar surface area (TPSA) is 32.1 Å². The van der Waals surface area contributed by atoms with E-state index in [0.29, 0.717) is 5.92 Å². The maximum absolute atomic E-state index is 10.5. The van der Waals surface area contributed by atoms with Gasteiger partial charge in [-0.2, -0.15) is 5.26 Å². The molecule has 0 N–H and O–H groups in total. The fourth-order valence-corrected chi connectivity index (χ4v) is 6.25. The maximum Gasteiger partial charge on any atom is 0.224 e. The van der Waals surface area contributed by atoms with E-state index in [2.05, 4.69) is 104 Å². The van der Waals surface area contributed by atoms with Gasteiger partial charge in [-0.15, -0.1) is 0 Å². The number of nitriles is 1. The lowest BCUT2D eigenvalue weighted by atomic mass is 9.90. The second-order valence-corrected chi connectivity index (χ2v) is 9.82. The van der Waals surface area contributed by atoms with E-state index in [-0.39, 0.29) is 0 Å². The molecule has 3 heterocycles. The third-order valence-corrected chi connectivity index (χ3v) is 7.71. The summed E-state index contributed by atoms with van der Waals surface area (Å²) in [6.07, 6.45) is 2.16. The van der Waals surface area contributed by atoms with Crippen molar-refractivity contribution < 1.29 is 4.57 Å². The van der Waals surface area contributed by atoms with Crippen LogP contribution < -0.4 is 4.57 Å². The molecule has 0 saturated carbocycles. The summed E-state index contributed by atoms with van der Waals surface area (Å²) >= 11 is 0. The Morgan fingerprint density at radius 1 is 0.853 bits per heavy atom. The maximum atomic E-state index is 10.5. The number of rotatable bonds is 1. The van der Waals surface area contributed by atoms with Crippen molar-refractivity contribution >= 4 is 59.8 Å². The Balaban J connectivity index is 2.01. The molecule has 162 valence electrons. The van der Waals surface area contributed by atoms with E-state index in [9.17, 15) is 5.26 Å². The van der Waals surface area contributed by atoms with E-state index < -0.39 is 0 Å². The van der Waals surface area contributed by atoms with Crippen molar-refractivity contribution in [3.05, 3.63) is 83.6 Å². The van der Waals surface area contributed by atoms with Crippen LogP contribution >= 0.6 is 0 Å². The Labute approximate surface area is 197 Å². The van der Waals surface area contributed by atoms with Crippen molar-refractivity contribution in [3.8, 4) is 6.07 Å². The Morgan fingerprint density at radius 2 is 1.56 bits per heavy atom. The van der Waals surface area contributed by atoms with Crippen molar-refractivity contribution in [3.63, 3.8) is 0 Å². The second kappa shape index (κ2) is 6.46. The largest absolute Gasteiger partial charge is 0.306 e. The summed E-state index contributed by atoms with van der Waals surface area (Å²) in [6, 6.07) is 24.2. The summed E-state index contributed by atoms with van der Waals surface area (Å²) in [7, 11) is 2.12. The highest BCUT2D eigenvalue weighted by Crippen LogP contribution is 2.46. The van der Waals surface area contributed by atoms with Crippen molar-refractivity contribution in [2.75, 3.05) is 0 Å². The summed E-state index contributed by atoms with van der Waals surface area (Å²) < 4.78 is 4.62. The van der Waals surface area contributed by atoms with Crippen LogP contribution in [0.25, 0.3) is 59.8 Å². The van der Waals surface area contributed by atoms with E-state index in [4.69, 9.17) is 0 Å². The standard InChI is InChI=1S/C31H24N3/c1-17(2)23-15-19-13-14-33(4)30-26-18(3)20-9-5-6-10-21(20)24(16-32)29(26)34-25-12-8-7-11-22(25)28(23)31(34)27(19)30/h5-15,17H,1-4H3/q+1. The number of nitrogens with zero attached hydrogens (tertiary/aromatic N) is 3. The van der Waals surface area contributed by atoms with E-state index >= 15 is 0 Å². The van der Waals surface area contributed by atoms with Crippen LogP contribution in [0.3, 0.4) is 0 Å². The molecule has 0 saturated heterocycles. The average Bonchev–Trinajstić information content (AvgIpc) is 3.20. The molecule has 0 aliphatic carbocycles. The molecule has 3 aromatic heterocycles. The highest BCUT2D eigenvalue weighted by molar-refractivity contribution is 6.30. The molecule has 0 amide bonds. The fraction of sp³-hybridized carbons (Fsp3) is 0.161. The van der Waals surface area contributed by atoms with Gasteiger partial charge < -0.3 is 4.40 Å². The Kier molecular flexibility index (Phi) is 3.67. The van der Waals surface area contributed by atoms with E-state index in [1.165, 1.54) is 43.7 Å².